The van der Waals surface area contributed by atoms with Crippen molar-refractivity contribution in [2.75, 3.05) is 19.6 Å². The number of pyridine rings is 1. The predicted octanol–water partition coefficient (Wildman–Crippen LogP) is 1.27. The van der Waals surface area contributed by atoms with Gasteiger partial charge in [-0.15, -0.1) is 0 Å². The van der Waals surface area contributed by atoms with Crippen LogP contribution in [0.1, 0.15) is 12.8 Å². The predicted molar refractivity (Wildman–Crippen MR) is 109 cm³/mol. The van der Waals surface area contributed by atoms with Gasteiger partial charge in [0.05, 0.1) is 12.0 Å². The van der Waals surface area contributed by atoms with E-state index in [4.69, 9.17) is 0 Å². The van der Waals surface area contributed by atoms with E-state index in [1.165, 1.54) is 6.20 Å². The molecule has 0 atom stereocenters. The van der Waals surface area contributed by atoms with Gasteiger partial charge in [-0.1, -0.05) is 0 Å². The zero-order valence-electron chi connectivity index (χ0n) is 16.2. The molecule has 0 saturated carbocycles. The van der Waals surface area contributed by atoms with Crippen LogP contribution in [0.25, 0.3) is 11.3 Å². The van der Waals surface area contributed by atoms with Gasteiger partial charge in [-0.25, -0.2) is 14.8 Å². The van der Waals surface area contributed by atoms with E-state index in [0.717, 1.165) is 38.0 Å². The zero-order chi connectivity index (χ0) is 20.1. The first-order chi connectivity index (χ1) is 14.2. The van der Waals surface area contributed by atoms with E-state index in [0.29, 0.717) is 24.7 Å². The first kappa shape index (κ1) is 19.2. The molecular weight excluding hydrogens is 368 g/mol. The van der Waals surface area contributed by atoms with Crippen molar-refractivity contribution in [3.63, 3.8) is 0 Å². The van der Waals surface area contributed by atoms with Crippen LogP contribution < -0.4 is 11.2 Å². The molecule has 0 N–H and O–H groups in total. The highest BCUT2D eigenvalue weighted by Crippen LogP contribution is 2.19. The molecule has 0 amide bonds. The van der Waals surface area contributed by atoms with Gasteiger partial charge in [0.25, 0.3) is 5.56 Å². The quantitative estimate of drug-likeness (QED) is 0.628. The Bertz CT molecular complexity index is 1050. The van der Waals surface area contributed by atoms with Crippen LogP contribution in [0.4, 0.5) is 0 Å². The van der Waals surface area contributed by atoms with Crippen molar-refractivity contribution >= 4 is 0 Å². The Kier molecular flexibility index (Phi) is 5.90. The maximum Gasteiger partial charge on any atom is 0.347 e. The fraction of sp³-hybridized carbons (Fsp3) is 0.381. The van der Waals surface area contributed by atoms with Gasteiger partial charge in [0.15, 0.2) is 0 Å². The molecule has 1 aliphatic rings. The molecule has 0 aliphatic carbocycles. The lowest BCUT2D eigenvalue weighted by atomic mass is 9.96. The lowest BCUT2D eigenvalue weighted by molar-refractivity contribution is 0.167. The highest BCUT2D eigenvalue weighted by atomic mass is 16.1. The van der Waals surface area contributed by atoms with Crippen LogP contribution >= 0.6 is 0 Å². The van der Waals surface area contributed by atoms with E-state index in [1.54, 1.807) is 46.2 Å². The summed E-state index contributed by atoms with van der Waals surface area (Å²) in [6, 6.07) is 7.07. The van der Waals surface area contributed by atoms with E-state index in [1.807, 2.05) is 12.1 Å². The normalized spacial score (nSPS) is 15.4. The molecule has 1 aliphatic heterocycles. The van der Waals surface area contributed by atoms with Crippen LogP contribution in [-0.2, 0) is 13.1 Å². The van der Waals surface area contributed by atoms with Crippen molar-refractivity contribution < 1.29 is 0 Å². The monoisotopic (exact) mass is 392 g/mol. The Hall–Kier alpha value is -3.13. The molecule has 4 heterocycles. The first-order valence-corrected chi connectivity index (χ1v) is 9.90. The Morgan fingerprint density at radius 1 is 0.966 bits per heavy atom. The Balaban J connectivity index is 1.30. The average molecular weight is 392 g/mol. The van der Waals surface area contributed by atoms with Crippen molar-refractivity contribution in [1.82, 2.24) is 29.0 Å². The van der Waals surface area contributed by atoms with Crippen molar-refractivity contribution in [3.8, 4) is 11.3 Å². The molecule has 0 radical (unpaired) electrons. The van der Waals surface area contributed by atoms with Gasteiger partial charge in [0, 0.05) is 56.1 Å². The fourth-order valence-corrected chi connectivity index (χ4v) is 3.72. The first-order valence-electron chi connectivity index (χ1n) is 9.90. The molecule has 4 rings (SSSR count). The molecule has 29 heavy (non-hydrogen) atoms. The minimum Gasteiger partial charge on any atom is -0.302 e. The van der Waals surface area contributed by atoms with Crippen LogP contribution in [0.5, 0.6) is 0 Å². The minimum atomic E-state index is -0.204. The highest BCUT2D eigenvalue weighted by molar-refractivity contribution is 5.57. The van der Waals surface area contributed by atoms with Crippen LogP contribution in [0, 0.1) is 5.92 Å². The van der Waals surface area contributed by atoms with Crippen LogP contribution in [0.15, 0.2) is 65.0 Å². The van der Waals surface area contributed by atoms with Gasteiger partial charge in [0.1, 0.15) is 0 Å². The van der Waals surface area contributed by atoms with Gasteiger partial charge in [0.2, 0.25) is 0 Å². The summed E-state index contributed by atoms with van der Waals surface area (Å²) in [5.74, 6) is 0.457. The van der Waals surface area contributed by atoms with Crippen LogP contribution in [0.3, 0.4) is 0 Å². The molecular formula is C21H24N6O2. The standard InChI is InChI=1S/C21H24N6O2/c28-20-14-19(18-2-7-22-8-3-18)24-16-27(20)15-17-4-10-25(11-5-17)12-13-26-9-1-6-23-21(26)29/h1-3,6-9,14,16-17H,4-5,10-13,15H2. The van der Waals surface area contributed by atoms with Gasteiger partial charge < -0.3 is 4.90 Å². The van der Waals surface area contributed by atoms with E-state index in [2.05, 4.69) is 19.9 Å². The molecule has 0 bridgehead atoms. The molecule has 8 nitrogen and oxygen atoms in total. The number of hydrogen-bond acceptors (Lipinski definition) is 6. The maximum atomic E-state index is 12.5. The molecule has 1 fully saturated rings. The van der Waals surface area contributed by atoms with E-state index in [9.17, 15) is 9.59 Å². The molecule has 150 valence electrons. The summed E-state index contributed by atoms with van der Waals surface area (Å²) in [5, 5.41) is 0. The summed E-state index contributed by atoms with van der Waals surface area (Å²) >= 11 is 0. The van der Waals surface area contributed by atoms with Crippen molar-refractivity contribution in [2.24, 2.45) is 5.92 Å². The zero-order valence-corrected chi connectivity index (χ0v) is 16.2. The second-order valence-electron chi connectivity index (χ2n) is 7.38. The summed E-state index contributed by atoms with van der Waals surface area (Å²) in [5.41, 5.74) is 1.34. The summed E-state index contributed by atoms with van der Waals surface area (Å²) in [7, 11) is 0. The van der Waals surface area contributed by atoms with Crippen molar-refractivity contribution in [2.45, 2.75) is 25.9 Å². The van der Waals surface area contributed by atoms with E-state index < -0.39 is 0 Å². The van der Waals surface area contributed by atoms with Crippen molar-refractivity contribution in [3.05, 3.63) is 76.2 Å². The lowest BCUT2D eigenvalue weighted by Crippen LogP contribution is -2.39. The molecule has 8 heteroatoms. The van der Waals surface area contributed by atoms with Crippen LogP contribution in [-0.4, -0.2) is 48.6 Å². The Labute approximate surface area is 168 Å². The number of hydrogen-bond donors (Lipinski definition) is 0. The topological polar surface area (TPSA) is 85.9 Å². The summed E-state index contributed by atoms with van der Waals surface area (Å²) in [4.78, 5) is 38.8. The SMILES string of the molecule is O=c1cc(-c2ccncc2)ncn1CC1CCN(CCn2cccnc2=O)CC1. The number of aromatic nitrogens is 5. The van der Waals surface area contributed by atoms with Crippen LogP contribution in [0.2, 0.25) is 0 Å². The molecule has 3 aromatic rings. The number of nitrogens with zero attached hydrogens (tertiary/aromatic N) is 6. The molecule has 0 spiro atoms. The second kappa shape index (κ2) is 8.91. The van der Waals surface area contributed by atoms with Crippen molar-refractivity contribution in [1.29, 1.82) is 0 Å². The molecule has 0 aromatic carbocycles. The number of piperidine rings is 1. The smallest absolute Gasteiger partial charge is 0.302 e. The van der Waals surface area contributed by atoms with E-state index >= 15 is 0 Å². The third-order valence-electron chi connectivity index (χ3n) is 5.46. The Morgan fingerprint density at radius 2 is 1.76 bits per heavy atom. The Morgan fingerprint density at radius 3 is 2.48 bits per heavy atom. The molecule has 0 unspecified atom stereocenters. The lowest BCUT2D eigenvalue weighted by Gasteiger charge is -2.32. The molecule has 1 saturated heterocycles. The maximum absolute atomic E-state index is 12.5. The third-order valence-corrected chi connectivity index (χ3v) is 5.46. The average Bonchev–Trinajstić information content (AvgIpc) is 2.76. The summed E-state index contributed by atoms with van der Waals surface area (Å²) in [6.07, 6.45) is 10.4. The van der Waals surface area contributed by atoms with Gasteiger partial charge in [-0.2, -0.15) is 0 Å². The minimum absolute atomic E-state index is 0.0230. The second-order valence-corrected chi connectivity index (χ2v) is 7.38. The van der Waals surface area contributed by atoms with Gasteiger partial charge >= 0.3 is 5.69 Å². The van der Waals surface area contributed by atoms with Gasteiger partial charge in [-0.3, -0.25) is 18.9 Å². The summed E-state index contributed by atoms with van der Waals surface area (Å²) < 4.78 is 3.35. The number of rotatable bonds is 6. The third kappa shape index (κ3) is 4.83. The number of likely N-dealkylation sites (tertiary alicyclic amines) is 1. The fourth-order valence-electron chi connectivity index (χ4n) is 3.72. The highest BCUT2D eigenvalue weighted by Gasteiger charge is 2.20. The van der Waals surface area contributed by atoms with Gasteiger partial charge in [-0.05, 0) is 50.0 Å². The molecule has 3 aromatic heterocycles. The van der Waals surface area contributed by atoms with E-state index in [-0.39, 0.29) is 11.2 Å². The summed E-state index contributed by atoms with van der Waals surface area (Å²) in [6.45, 7) is 4.11. The largest absolute Gasteiger partial charge is 0.347 e.